The fourth-order valence-corrected chi connectivity index (χ4v) is 4.45. The molecule has 3 N–H and O–H groups in total. The van der Waals surface area contributed by atoms with Gasteiger partial charge in [0.2, 0.25) is 0 Å². The van der Waals surface area contributed by atoms with Gasteiger partial charge in [-0.2, -0.15) is 0 Å². The van der Waals surface area contributed by atoms with Crippen molar-refractivity contribution in [1.29, 1.82) is 0 Å². The summed E-state index contributed by atoms with van der Waals surface area (Å²) in [5.74, 6) is 6.35. The van der Waals surface area contributed by atoms with Crippen LogP contribution in [0, 0.1) is 9.49 Å². The number of nitrogens with two attached hydrogens (primary N) is 1. The van der Waals surface area contributed by atoms with E-state index in [9.17, 15) is 0 Å². The monoisotopic (exact) mass is 466 g/mol. The Kier molecular flexibility index (Phi) is 5.23. The molecular formula is C15H20BrIN2O2. The van der Waals surface area contributed by atoms with Crippen LogP contribution in [-0.2, 0) is 9.47 Å². The topological polar surface area (TPSA) is 56.5 Å². The molecular weight excluding hydrogens is 447 g/mol. The van der Waals surface area contributed by atoms with Crippen LogP contribution in [0.1, 0.15) is 30.9 Å². The quantitative estimate of drug-likeness (QED) is 0.408. The predicted octanol–water partition coefficient (Wildman–Crippen LogP) is 3.14. The van der Waals surface area contributed by atoms with Gasteiger partial charge >= 0.3 is 0 Å². The first-order chi connectivity index (χ1) is 10.1. The maximum atomic E-state index is 6.03. The van der Waals surface area contributed by atoms with Crippen LogP contribution in [-0.4, -0.2) is 25.4 Å². The fraction of sp³-hybridized carbons (Fsp3) is 0.600. The van der Waals surface area contributed by atoms with Crippen molar-refractivity contribution in [2.45, 2.75) is 30.9 Å². The Morgan fingerprint density at radius 3 is 3.00 bits per heavy atom. The summed E-state index contributed by atoms with van der Waals surface area (Å²) in [5.41, 5.74) is 4.17. The van der Waals surface area contributed by atoms with E-state index < -0.39 is 0 Å². The zero-order valence-corrected chi connectivity index (χ0v) is 15.5. The first-order valence-corrected chi connectivity index (χ1v) is 9.13. The van der Waals surface area contributed by atoms with Crippen LogP contribution in [0.4, 0.5) is 0 Å². The molecule has 0 amide bonds. The van der Waals surface area contributed by atoms with E-state index in [-0.39, 0.29) is 11.6 Å². The van der Waals surface area contributed by atoms with Crippen LogP contribution < -0.4 is 11.3 Å². The molecule has 1 aromatic carbocycles. The van der Waals surface area contributed by atoms with Crippen LogP contribution in [0.5, 0.6) is 0 Å². The summed E-state index contributed by atoms with van der Waals surface area (Å²) >= 11 is 6.00. The number of ether oxygens (including phenoxy) is 2. The first kappa shape index (κ1) is 16.1. The van der Waals surface area contributed by atoms with Crippen LogP contribution >= 0.6 is 38.5 Å². The maximum absolute atomic E-state index is 6.03. The minimum Gasteiger partial charge on any atom is -0.378 e. The lowest BCUT2D eigenvalue weighted by Crippen LogP contribution is -2.45. The molecule has 116 valence electrons. The molecule has 3 rings (SSSR count). The normalized spacial score (nSPS) is 30.7. The van der Waals surface area contributed by atoms with Gasteiger partial charge in [-0.3, -0.25) is 11.3 Å². The van der Waals surface area contributed by atoms with Gasteiger partial charge in [0.15, 0.2) is 0 Å². The lowest BCUT2D eigenvalue weighted by molar-refractivity contribution is -0.103. The van der Waals surface area contributed by atoms with E-state index in [0.717, 1.165) is 36.9 Å². The van der Waals surface area contributed by atoms with E-state index >= 15 is 0 Å². The van der Waals surface area contributed by atoms with E-state index in [4.69, 9.17) is 15.3 Å². The Labute approximate surface area is 147 Å². The molecule has 0 bridgehead atoms. The highest BCUT2D eigenvalue weighted by atomic mass is 127. The second-order valence-corrected chi connectivity index (χ2v) is 8.00. The molecule has 1 spiro atoms. The SMILES string of the molecule is NNC(c1cc(I)ccc1Br)C1CCOC2(CCOC2)C1. The molecule has 0 aromatic heterocycles. The van der Waals surface area contributed by atoms with E-state index in [0.29, 0.717) is 12.5 Å². The molecule has 3 unspecified atom stereocenters. The van der Waals surface area contributed by atoms with Crippen LogP contribution in [0.15, 0.2) is 22.7 Å². The van der Waals surface area contributed by atoms with E-state index in [1.54, 1.807) is 0 Å². The molecule has 0 radical (unpaired) electrons. The summed E-state index contributed by atoms with van der Waals surface area (Å²) < 4.78 is 13.9. The molecule has 0 aliphatic carbocycles. The molecule has 2 heterocycles. The lowest BCUT2D eigenvalue weighted by Gasteiger charge is -2.40. The Hall–Kier alpha value is 0.270. The van der Waals surface area contributed by atoms with Crippen molar-refractivity contribution in [3.63, 3.8) is 0 Å². The average Bonchev–Trinajstić information content (AvgIpc) is 2.91. The van der Waals surface area contributed by atoms with Crippen molar-refractivity contribution in [2.24, 2.45) is 11.8 Å². The van der Waals surface area contributed by atoms with Gasteiger partial charge in [0.1, 0.15) is 0 Å². The second-order valence-electron chi connectivity index (χ2n) is 5.90. The van der Waals surface area contributed by atoms with Crippen molar-refractivity contribution in [3.05, 3.63) is 31.8 Å². The zero-order chi connectivity index (χ0) is 14.9. The first-order valence-electron chi connectivity index (χ1n) is 7.26. The molecule has 3 atom stereocenters. The van der Waals surface area contributed by atoms with E-state index in [1.807, 2.05) is 0 Å². The molecule has 1 aromatic rings. The summed E-state index contributed by atoms with van der Waals surface area (Å²) in [6.07, 6.45) is 3.02. The van der Waals surface area contributed by atoms with Gasteiger partial charge in [-0.1, -0.05) is 15.9 Å². The molecule has 0 saturated carbocycles. The lowest BCUT2D eigenvalue weighted by atomic mass is 9.79. The second kappa shape index (κ2) is 6.80. The minimum absolute atomic E-state index is 0.0908. The molecule has 2 aliphatic heterocycles. The van der Waals surface area contributed by atoms with Crippen molar-refractivity contribution >= 4 is 38.5 Å². The highest BCUT2D eigenvalue weighted by Gasteiger charge is 2.43. The van der Waals surface area contributed by atoms with Gasteiger partial charge in [0, 0.05) is 27.7 Å². The van der Waals surface area contributed by atoms with Gasteiger partial charge in [-0.25, -0.2) is 0 Å². The maximum Gasteiger partial charge on any atom is 0.0940 e. The van der Waals surface area contributed by atoms with Crippen LogP contribution in [0.25, 0.3) is 0 Å². The third-order valence-corrected chi connectivity index (χ3v) is 5.94. The van der Waals surface area contributed by atoms with E-state index in [2.05, 4.69) is 62.1 Å². The zero-order valence-electron chi connectivity index (χ0n) is 11.8. The predicted molar refractivity (Wildman–Crippen MR) is 93.8 cm³/mol. The highest BCUT2D eigenvalue weighted by Crippen LogP contribution is 2.42. The highest BCUT2D eigenvalue weighted by molar-refractivity contribution is 14.1. The number of hydrogen-bond donors (Lipinski definition) is 2. The Morgan fingerprint density at radius 1 is 1.43 bits per heavy atom. The van der Waals surface area contributed by atoms with E-state index in [1.165, 1.54) is 9.13 Å². The number of hydrazine groups is 1. The summed E-state index contributed by atoms with van der Waals surface area (Å²) in [7, 11) is 0. The standard InChI is InChI=1S/C15H20BrIN2O2/c16-13-2-1-11(17)7-12(13)14(19-18)10-3-5-21-15(8-10)4-6-20-9-15/h1-2,7,10,14,19H,3-6,8-9,18H2. The van der Waals surface area contributed by atoms with Crippen LogP contribution in [0.2, 0.25) is 0 Å². The van der Waals surface area contributed by atoms with Gasteiger partial charge in [-0.05, 0) is 65.1 Å². The average molecular weight is 467 g/mol. The van der Waals surface area contributed by atoms with Gasteiger partial charge in [-0.15, -0.1) is 0 Å². The third-order valence-electron chi connectivity index (χ3n) is 4.54. The van der Waals surface area contributed by atoms with Gasteiger partial charge < -0.3 is 9.47 Å². The number of nitrogens with one attached hydrogen (secondary N) is 1. The largest absolute Gasteiger partial charge is 0.378 e. The van der Waals surface area contributed by atoms with Gasteiger partial charge in [0.05, 0.1) is 18.2 Å². The molecule has 2 fully saturated rings. The molecule has 6 heteroatoms. The number of benzene rings is 1. The summed E-state index contributed by atoms with van der Waals surface area (Å²) in [6.45, 7) is 2.31. The Balaban J connectivity index is 1.84. The summed E-state index contributed by atoms with van der Waals surface area (Å²) in [6, 6.07) is 6.52. The number of rotatable bonds is 3. The molecule has 2 saturated heterocycles. The Bertz CT molecular complexity index is 508. The molecule has 2 aliphatic rings. The number of halogens is 2. The minimum atomic E-state index is -0.0908. The number of hydrogen-bond acceptors (Lipinski definition) is 4. The molecule has 4 nitrogen and oxygen atoms in total. The smallest absolute Gasteiger partial charge is 0.0940 e. The van der Waals surface area contributed by atoms with Crippen molar-refractivity contribution < 1.29 is 9.47 Å². The summed E-state index contributed by atoms with van der Waals surface area (Å²) in [5, 5.41) is 0. The van der Waals surface area contributed by atoms with Crippen LogP contribution in [0.3, 0.4) is 0 Å². The van der Waals surface area contributed by atoms with Crippen molar-refractivity contribution in [2.75, 3.05) is 19.8 Å². The van der Waals surface area contributed by atoms with Crippen molar-refractivity contribution in [1.82, 2.24) is 5.43 Å². The fourth-order valence-electron chi connectivity index (χ4n) is 3.45. The summed E-state index contributed by atoms with van der Waals surface area (Å²) in [4.78, 5) is 0. The van der Waals surface area contributed by atoms with Crippen molar-refractivity contribution in [3.8, 4) is 0 Å². The molecule has 21 heavy (non-hydrogen) atoms. The Morgan fingerprint density at radius 2 is 2.29 bits per heavy atom. The third kappa shape index (κ3) is 3.45. The van der Waals surface area contributed by atoms with Gasteiger partial charge in [0.25, 0.3) is 0 Å².